The number of anilines is 1. The van der Waals surface area contributed by atoms with Gasteiger partial charge in [0.1, 0.15) is 0 Å². The third-order valence-electron chi connectivity index (χ3n) is 1.77. The molecular formula is C11H16N2O2S. The molecule has 16 heavy (non-hydrogen) atoms. The molecular weight excluding hydrogens is 224 g/mol. The number of ether oxygens (including phenoxy) is 1. The maximum Gasteiger partial charge on any atom is 0.340 e. The fourth-order valence-electron chi connectivity index (χ4n) is 1.19. The minimum Gasteiger partial charge on any atom is -0.459 e. The van der Waals surface area contributed by atoms with Gasteiger partial charge >= 0.3 is 5.97 Å². The first-order valence-electron chi connectivity index (χ1n) is 5.17. The number of allylic oxidation sites excluding steroid dienone is 1. The van der Waals surface area contributed by atoms with E-state index in [-0.39, 0.29) is 12.1 Å². The number of carbonyl (C=O) groups is 1. The second-order valence-corrected chi connectivity index (χ2v) is 4.44. The molecule has 1 rings (SSSR count). The average molecular weight is 240 g/mol. The van der Waals surface area contributed by atoms with E-state index in [2.05, 4.69) is 4.98 Å². The van der Waals surface area contributed by atoms with Crippen molar-refractivity contribution in [1.82, 2.24) is 4.98 Å². The number of thiazole rings is 1. The minimum atomic E-state index is -0.345. The van der Waals surface area contributed by atoms with Crippen molar-refractivity contribution in [3.8, 4) is 0 Å². The molecule has 0 aromatic carbocycles. The Hall–Kier alpha value is -1.36. The van der Waals surface area contributed by atoms with Crippen LogP contribution < -0.4 is 5.73 Å². The van der Waals surface area contributed by atoms with E-state index in [1.807, 2.05) is 20.8 Å². The summed E-state index contributed by atoms with van der Waals surface area (Å²) in [6, 6.07) is 0. The highest BCUT2D eigenvalue weighted by molar-refractivity contribution is 7.13. The highest BCUT2D eigenvalue weighted by atomic mass is 32.1. The summed E-state index contributed by atoms with van der Waals surface area (Å²) in [6.07, 6.45) is 2.42. The van der Waals surface area contributed by atoms with Crippen molar-refractivity contribution in [3.63, 3.8) is 0 Å². The first kappa shape index (κ1) is 12.7. The van der Waals surface area contributed by atoms with Crippen LogP contribution in [0.4, 0.5) is 5.13 Å². The smallest absolute Gasteiger partial charge is 0.340 e. The van der Waals surface area contributed by atoms with Gasteiger partial charge in [-0.05, 0) is 20.3 Å². The summed E-state index contributed by atoms with van der Waals surface area (Å²) in [5, 5.41) is 2.22. The highest BCUT2D eigenvalue weighted by Gasteiger charge is 2.16. The molecule has 0 fully saturated rings. The van der Waals surface area contributed by atoms with Gasteiger partial charge in [-0.2, -0.15) is 0 Å². The van der Waals surface area contributed by atoms with Gasteiger partial charge in [-0.25, -0.2) is 9.78 Å². The number of esters is 1. The summed E-state index contributed by atoms with van der Waals surface area (Å²) in [5.74, 6) is -0.345. The largest absolute Gasteiger partial charge is 0.459 e. The van der Waals surface area contributed by atoms with Crippen LogP contribution in [0.5, 0.6) is 0 Å². The Labute approximate surface area is 99.1 Å². The van der Waals surface area contributed by atoms with Gasteiger partial charge in [0.05, 0.1) is 17.4 Å². The zero-order chi connectivity index (χ0) is 12.1. The maximum atomic E-state index is 11.8. The van der Waals surface area contributed by atoms with Gasteiger partial charge in [0.25, 0.3) is 0 Å². The normalized spacial score (nSPS) is 11.9. The van der Waals surface area contributed by atoms with Crippen LogP contribution in [-0.4, -0.2) is 17.1 Å². The van der Waals surface area contributed by atoms with Crippen molar-refractivity contribution in [2.24, 2.45) is 0 Å². The molecule has 0 atom stereocenters. The average Bonchev–Trinajstić information content (AvgIpc) is 2.59. The maximum absolute atomic E-state index is 11.8. The topological polar surface area (TPSA) is 65.2 Å². The monoisotopic (exact) mass is 240 g/mol. The van der Waals surface area contributed by atoms with E-state index in [0.29, 0.717) is 16.4 Å². The zero-order valence-corrected chi connectivity index (χ0v) is 10.5. The van der Waals surface area contributed by atoms with Gasteiger partial charge < -0.3 is 10.5 Å². The summed E-state index contributed by atoms with van der Waals surface area (Å²) < 4.78 is 5.15. The zero-order valence-electron chi connectivity index (χ0n) is 9.69. The van der Waals surface area contributed by atoms with Gasteiger partial charge in [0.2, 0.25) is 0 Å². The Balaban J connectivity index is 2.92. The van der Waals surface area contributed by atoms with Gasteiger partial charge in [0, 0.05) is 5.38 Å². The van der Waals surface area contributed by atoms with E-state index in [4.69, 9.17) is 10.5 Å². The van der Waals surface area contributed by atoms with Gasteiger partial charge in [-0.1, -0.05) is 13.0 Å². The fourth-order valence-corrected chi connectivity index (χ4v) is 1.75. The van der Waals surface area contributed by atoms with Crippen molar-refractivity contribution < 1.29 is 9.53 Å². The lowest BCUT2D eigenvalue weighted by molar-refractivity contribution is -0.140. The second-order valence-electron chi connectivity index (χ2n) is 3.55. The highest BCUT2D eigenvalue weighted by Crippen LogP contribution is 2.21. The first-order valence-corrected chi connectivity index (χ1v) is 6.05. The molecule has 1 aromatic rings. The van der Waals surface area contributed by atoms with E-state index in [1.165, 1.54) is 11.3 Å². The van der Waals surface area contributed by atoms with Crippen LogP contribution in [0.3, 0.4) is 0 Å². The molecule has 0 aliphatic rings. The van der Waals surface area contributed by atoms with E-state index < -0.39 is 0 Å². The molecule has 5 heteroatoms. The number of carbonyl (C=O) groups excluding carboxylic acids is 1. The first-order chi connectivity index (χ1) is 7.54. The Morgan fingerprint density at radius 2 is 2.38 bits per heavy atom. The van der Waals surface area contributed by atoms with E-state index >= 15 is 0 Å². The summed E-state index contributed by atoms with van der Waals surface area (Å²) in [4.78, 5) is 15.9. The van der Waals surface area contributed by atoms with Crippen LogP contribution in [-0.2, 0) is 9.53 Å². The van der Waals surface area contributed by atoms with Crippen molar-refractivity contribution in [3.05, 3.63) is 17.2 Å². The van der Waals surface area contributed by atoms with Crippen molar-refractivity contribution in [1.29, 1.82) is 0 Å². The molecule has 0 saturated carbocycles. The number of rotatable bonds is 4. The number of nitrogen functional groups attached to an aromatic ring is 1. The lowest BCUT2D eigenvalue weighted by atomic mass is 10.2. The van der Waals surface area contributed by atoms with Crippen LogP contribution in [0.15, 0.2) is 11.5 Å². The van der Waals surface area contributed by atoms with Gasteiger partial charge in [-0.15, -0.1) is 11.3 Å². The molecule has 0 aliphatic carbocycles. The molecule has 88 valence electrons. The quantitative estimate of drug-likeness (QED) is 0.648. The lowest BCUT2D eigenvalue weighted by Gasteiger charge is -2.09. The molecule has 0 spiro atoms. The number of nitrogens with zero attached hydrogens (tertiary/aromatic N) is 1. The number of hydrogen-bond donors (Lipinski definition) is 1. The summed E-state index contributed by atoms with van der Waals surface area (Å²) in [7, 11) is 0. The third-order valence-corrected chi connectivity index (χ3v) is 2.44. The summed E-state index contributed by atoms with van der Waals surface area (Å²) >= 11 is 1.31. The van der Waals surface area contributed by atoms with Crippen molar-refractivity contribution in [2.45, 2.75) is 33.3 Å². The summed E-state index contributed by atoms with van der Waals surface area (Å²) in [5.41, 5.74) is 6.62. The molecule has 0 saturated heterocycles. The van der Waals surface area contributed by atoms with Crippen LogP contribution in [0.1, 0.15) is 32.9 Å². The summed E-state index contributed by atoms with van der Waals surface area (Å²) in [6.45, 7) is 5.59. The molecule has 1 aromatic heterocycles. The lowest BCUT2D eigenvalue weighted by Crippen LogP contribution is -2.13. The number of nitrogens with two attached hydrogens (primary N) is 1. The Kier molecular flexibility index (Phi) is 4.49. The Morgan fingerprint density at radius 3 is 2.81 bits per heavy atom. The predicted molar refractivity (Wildman–Crippen MR) is 66.0 cm³/mol. The Bertz CT molecular complexity index is 396. The molecule has 1 heterocycles. The minimum absolute atomic E-state index is 0.135. The van der Waals surface area contributed by atoms with E-state index in [9.17, 15) is 4.79 Å². The second kappa shape index (κ2) is 5.65. The number of hydrogen-bond acceptors (Lipinski definition) is 5. The third kappa shape index (κ3) is 3.34. The molecule has 0 aliphatic heterocycles. The SMILES string of the molecule is CC/C=C(\C(=O)OC(C)C)c1csc(N)n1. The van der Waals surface area contributed by atoms with Crippen LogP contribution in [0.25, 0.3) is 5.57 Å². The van der Waals surface area contributed by atoms with Crippen LogP contribution >= 0.6 is 11.3 Å². The number of aromatic nitrogens is 1. The molecule has 0 amide bonds. The molecule has 0 unspecified atom stereocenters. The molecule has 0 radical (unpaired) electrons. The van der Waals surface area contributed by atoms with Crippen LogP contribution in [0, 0.1) is 0 Å². The van der Waals surface area contributed by atoms with Gasteiger partial charge in [-0.3, -0.25) is 0 Å². The van der Waals surface area contributed by atoms with Crippen LogP contribution in [0.2, 0.25) is 0 Å². The fraction of sp³-hybridized carbons (Fsp3) is 0.455. The van der Waals surface area contributed by atoms with E-state index in [0.717, 1.165) is 6.42 Å². The van der Waals surface area contributed by atoms with Gasteiger partial charge in [0.15, 0.2) is 5.13 Å². The Morgan fingerprint density at radius 1 is 1.69 bits per heavy atom. The van der Waals surface area contributed by atoms with E-state index in [1.54, 1.807) is 11.5 Å². The molecule has 4 nitrogen and oxygen atoms in total. The van der Waals surface area contributed by atoms with Crippen molar-refractivity contribution in [2.75, 3.05) is 5.73 Å². The molecule has 2 N–H and O–H groups in total. The predicted octanol–water partition coefficient (Wildman–Crippen LogP) is 2.47. The molecule has 0 bridgehead atoms. The van der Waals surface area contributed by atoms with Crippen molar-refractivity contribution >= 4 is 28.0 Å². The standard InChI is InChI=1S/C11H16N2O2S/c1-4-5-8(10(14)15-7(2)3)9-6-16-11(12)13-9/h5-7H,4H2,1-3H3,(H2,12,13)/b8-5-.